The molecule has 4 nitrogen and oxygen atoms in total. The lowest BCUT2D eigenvalue weighted by Crippen LogP contribution is -2.21. The van der Waals surface area contributed by atoms with Crippen LogP contribution in [0.4, 0.5) is 0 Å². The zero-order valence-corrected chi connectivity index (χ0v) is 17.2. The first-order chi connectivity index (χ1) is 14.2. The minimum Gasteiger partial charge on any atom is -0.354 e. The van der Waals surface area contributed by atoms with Crippen molar-refractivity contribution in [2.75, 3.05) is 20.1 Å². The largest absolute Gasteiger partial charge is 0.354 e. The predicted molar refractivity (Wildman–Crippen MR) is 120 cm³/mol. The van der Waals surface area contributed by atoms with E-state index < -0.39 is 0 Å². The molecule has 146 valence electrons. The Hall–Kier alpha value is -2.76. The van der Waals surface area contributed by atoms with Crippen LogP contribution in [-0.4, -0.2) is 35.9 Å². The molecule has 1 aliphatic rings. The van der Waals surface area contributed by atoms with Gasteiger partial charge in [-0.3, -0.25) is 14.7 Å². The van der Waals surface area contributed by atoms with Crippen LogP contribution in [0.25, 0.3) is 21.0 Å². The minimum atomic E-state index is 0.0276. The van der Waals surface area contributed by atoms with E-state index in [1.165, 1.54) is 26.6 Å². The van der Waals surface area contributed by atoms with Gasteiger partial charge in [-0.1, -0.05) is 36.4 Å². The normalized spacial score (nSPS) is 17.2. The maximum absolute atomic E-state index is 12.6. The van der Waals surface area contributed by atoms with E-state index in [1.807, 2.05) is 18.3 Å². The van der Waals surface area contributed by atoms with Crippen LogP contribution in [-0.2, 0) is 6.54 Å². The van der Waals surface area contributed by atoms with E-state index >= 15 is 0 Å². The molecule has 4 aromatic rings. The lowest BCUT2D eigenvalue weighted by Gasteiger charge is -2.18. The van der Waals surface area contributed by atoms with Crippen molar-refractivity contribution in [2.45, 2.75) is 18.9 Å². The third kappa shape index (κ3) is 3.30. The van der Waals surface area contributed by atoms with Crippen molar-refractivity contribution in [2.24, 2.45) is 0 Å². The van der Waals surface area contributed by atoms with E-state index in [9.17, 15) is 4.79 Å². The smallest absolute Gasteiger partial charge is 0.261 e. The Labute approximate surface area is 174 Å². The monoisotopic (exact) mass is 401 g/mol. The number of para-hydroxylation sites is 1. The maximum atomic E-state index is 12.6. The number of amides is 1. The van der Waals surface area contributed by atoms with Crippen LogP contribution in [0, 0.1) is 0 Å². The lowest BCUT2D eigenvalue weighted by atomic mass is 9.95. The second kappa shape index (κ2) is 7.58. The number of carbonyl (C=O) groups excluding carboxylic acids is 1. The van der Waals surface area contributed by atoms with Gasteiger partial charge in [-0.05, 0) is 47.7 Å². The van der Waals surface area contributed by atoms with Gasteiger partial charge in [0.2, 0.25) is 0 Å². The van der Waals surface area contributed by atoms with E-state index in [-0.39, 0.29) is 5.91 Å². The molecule has 0 radical (unpaired) electrons. The van der Waals surface area contributed by atoms with Crippen molar-refractivity contribution >= 4 is 38.2 Å². The van der Waals surface area contributed by atoms with Gasteiger partial charge in [0.15, 0.2) is 0 Å². The van der Waals surface area contributed by atoms with Gasteiger partial charge >= 0.3 is 0 Å². The second-order valence-corrected chi connectivity index (χ2v) is 8.68. The number of fused-ring (bicyclic) bond motifs is 2. The molecule has 0 saturated carbocycles. The number of benzene rings is 2. The summed E-state index contributed by atoms with van der Waals surface area (Å²) in [5.74, 6) is 0.409. The fourth-order valence-electron chi connectivity index (χ4n) is 4.50. The van der Waals surface area contributed by atoms with E-state index in [2.05, 4.69) is 57.7 Å². The van der Waals surface area contributed by atoms with Crippen LogP contribution in [0.1, 0.15) is 33.1 Å². The molecule has 0 spiro atoms. The van der Waals surface area contributed by atoms with E-state index in [4.69, 9.17) is 0 Å². The van der Waals surface area contributed by atoms with Crippen molar-refractivity contribution in [1.29, 1.82) is 0 Å². The molecular weight excluding hydrogens is 378 g/mol. The number of nitrogens with one attached hydrogen (secondary N) is 1. The van der Waals surface area contributed by atoms with E-state index in [0.717, 1.165) is 36.4 Å². The second-order valence-electron chi connectivity index (χ2n) is 7.63. The minimum absolute atomic E-state index is 0.0276. The molecule has 1 amide bonds. The zero-order valence-electron chi connectivity index (χ0n) is 16.4. The number of pyridine rings is 1. The van der Waals surface area contributed by atoms with Gasteiger partial charge < -0.3 is 5.32 Å². The molecule has 5 heteroatoms. The van der Waals surface area contributed by atoms with Crippen LogP contribution >= 0.6 is 11.3 Å². The van der Waals surface area contributed by atoms with Crippen LogP contribution in [0.15, 0.2) is 60.8 Å². The molecule has 5 rings (SSSR count). The number of hydrogen-bond donors (Lipinski definition) is 1. The molecule has 0 aliphatic carbocycles. The Bertz CT molecular complexity index is 1190. The summed E-state index contributed by atoms with van der Waals surface area (Å²) in [7, 11) is 1.71. The van der Waals surface area contributed by atoms with Crippen molar-refractivity contribution in [1.82, 2.24) is 15.2 Å². The summed E-state index contributed by atoms with van der Waals surface area (Å²) in [6.07, 6.45) is 2.98. The Kier molecular flexibility index (Phi) is 4.78. The third-order valence-electron chi connectivity index (χ3n) is 5.88. The summed E-state index contributed by atoms with van der Waals surface area (Å²) in [5.41, 5.74) is 3.59. The van der Waals surface area contributed by atoms with Crippen LogP contribution in [0.3, 0.4) is 0 Å². The number of thiophene rings is 1. The van der Waals surface area contributed by atoms with Crippen molar-refractivity contribution in [3.05, 3.63) is 76.8 Å². The first-order valence-electron chi connectivity index (χ1n) is 10.0. The molecule has 1 atom stereocenters. The van der Waals surface area contributed by atoms with Gasteiger partial charge in [0, 0.05) is 42.3 Å². The standard InChI is InChI=1S/C24H23N3OS/c1-25-24(28)23-22(19-7-3-5-9-21(19)29-23)17-11-13-27(15-17)14-16-10-12-26-20-8-4-2-6-18(16)20/h2-10,12,17H,11,13-15H2,1H3,(H,25,28). The summed E-state index contributed by atoms with van der Waals surface area (Å²) < 4.78 is 1.19. The fraction of sp³-hybridized carbons (Fsp3) is 0.250. The number of rotatable bonds is 4. The summed E-state index contributed by atoms with van der Waals surface area (Å²) in [4.78, 5) is 20.4. The molecule has 29 heavy (non-hydrogen) atoms. The van der Waals surface area contributed by atoms with Crippen LogP contribution in [0.2, 0.25) is 0 Å². The summed E-state index contributed by atoms with van der Waals surface area (Å²) >= 11 is 1.61. The first-order valence-corrected chi connectivity index (χ1v) is 10.8. The number of carbonyl (C=O) groups is 1. The highest BCUT2D eigenvalue weighted by Crippen LogP contribution is 2.40. The molecule has 1 N–H and O–H groups in total. The number of likely N-dealkylation sites (tertiary alicyclic amines) is 1. The molecule has 1 saturated heterocycles. The fourth-order valence-corrected chi connectivity index (χ4v) is 5.73. The van der Waals surface area contributed by atoms with E-state index in [1.54, 1.807) is 18.4 Å². The topological polar surface area (TPSA) is 45.2 Å². The number of hydrogen-bond acceptors (Lipinski definition) is 4. The van der Waals surface area contributed by atoms with Crippen molar-refractivity contribution < 1.29 is 4.79 Å². The van der Waals surface area contributed by atoms with Gasteiger partial charge in [0.25, 0.3) is 5.91 Å². The average Bonchev–Trinajstić information content (AvgIpc) is 3.37. The highest BCUT2D eigenvalue weighted by molar-refractivity contribution is 7.21. The number of nitrogens with zero attached hydrogens (tertiary/aromatic N) is 2. The first kappa shape index (κ1) is 18.3. The summed E-state index contributed by atoms with van der Waals surface area (Å²) in [6, 6.07) is 18.9. The Morgan fingerprint density at radius 2 is 1.93 bits per heavy atom. The number of aromatic nitrogens is 1. The predicted octanol–water partition coefficient (Wildman–Crippen LogP) is 4.80. The molecule has 2 aromatic heterocycles. The van der Waals surface area contributed by atoms with Crippen LogP contribution in [0.5, 0.6) is 0 Å². The Balaban J connectivity index is 1.45. The maximum Gasteiger partial charge on any atom is 0.261 e. The molecule has 2 aromatic carbocycles. The molecule has 0 bridgehead atoms. The zero-order chi connectivity index (χ0) is 19.8. The third-order valence-corrected chi connectivity index (χ3v) is 7.07. The van der Waals surface area contributed by atoms with Crippen LogP contribution < -0.4 is 5.32 Å². The summed E-state index contributed by atoms with van der Waals surface area (Å²) in [6.45, 7) is 2.93. The molecule has 1 unspecified atom stereocenters. The summed E-state index contributed by atoms with van der Waals surface area (Å²) in [5, 5.41) is 5.29. The van der Waals surface area contributed by atoms with E-state index in [0.29, 0.717) is 5.92 Å². The Morgan fingerprint density at radius 1 is 1.14 bits per heavy atom. The highest BCUT2D eigenvalue weighted by atomic mass is 32.1. The molecule has 3 heterocycles. The van der Waals surface area contributed by atoms with Gasteiger partial charge in [-0.15, -0.1) is 11.3 Å². The average molecular weight is 402 g/mol. The SMILES string of the molecule is CNC(=O)c1sc2ccccc2c1C1CCN(Cc2ccnc3ccccc23)C1. The van der Waals surface area contributed by atoms with Crippen molar-refractivity contribution in [3.63, 3.8) is 0 Å². The van der Waals surface area contributed by atoms with Crippen molar-refractivity contribution in [3.8, 4) is 0 Å². The molecular formula is C24H23N3OS. The van der Waals surface area contributed by atoms with Gasteiger partial charge in [0.1, 0.15) is 0 Å². The van der Waals surface area contributed by atoms with Gasteiger partial charge in [-0.25, -0.2) is 0 Å². The Morgan fingerprint density at radius 3 is 2.79 bits per heavy atom. The van der Waals surface area contributed by atoms with Gasteiger partial charge in [0.05, 0.1) is 10.4 Å². The van der Waals surface area contributed by atoms with Gasteiger partial charge in [-0.2, -0.15) is 0 Å². The lowest BCUT2D eigenvalue weighted by molar-refractivity contribution is 0.0966. The molecule has 1 fully saturated rings. The molecule has 1 aliphatic heterocycles. The quantitative estimate of drug-likeness (QED) is 0.534. The highest BCUT2D eigenvalue weighted by Gasteiger charge is 2.30.